The molecular weight excluding hydrogens is 346 g/mol. The molecule has 4 rings (SSSR count). The zero-order chi connectivity index (χ0) is 19.0. The smallest absolute Gasteiger partial charge is 0.293 e. The van der Waals surface area contributed by atoms with Gasteiger partial charge in [0.05, 0.1) is 11.1 Å². The lowest BCUT2D eigenvalue weighted by molar-refractivity contribution is -0.384. The van der Waals surface area contributed by atoms with Gasteiger partial charge in [0, 0.05) is 44.0 Å². The molecule has 0 bridgehead atoms. The van der Waals surface area contributed by atoms with Crippen molar-refractivity contribution >= 4 is 17.3 Å². The number of hydrogen-bond donors (Lipinski definition) is 1. The van der Waals surface area contributed by atoms with Crippen LogP contribution >= 0.6 is 0 Å². The number of amides is 1. The second-order valence-electron chi connectivity index (χ2n) is 7.42. The Morgan fingerprint density at radius 2 is 2.00 bits per heavy atom. The van der Waals surface area contributed by atoms with Crippen LogP contribution in [0.1, 0.15) is 47.5 Å². The van der Waals surface area contributed by atoms with Gasteiger partial charge in [-0.1, -0.05) is 0 Å². The van der Waals surface area contributed by atoms with Crippen LogP contribution in [0.25, 0.3) is 0 Å². The summed E-state index contributed by atoms with van der Waals surface area (Å²) in [6.07, 6.45) is 7.75. The predicted molar refractivity (Wildman–Crippen MR) is 101 cm³/mol. The molecule has 0 unspecified atom stereocenters. The van der Waals surface area contributed by atoms with Crippen molar-refractivity contribution in [2.24, 2.45) is 7.05 Å². The van der Waals surface area contributed by atoms with Crippen molar-refractivity contribution in [3.05, 3.63) is 51.8 Å². The molecule has 2 aromatic rings. The number of carbonyl (C=O) groups is 1. The Morgan fingerprint density at radius 3 is 2.59 bits per heavy atom. The summed E-state index contributed by atoms with van der Waals surface area (Å²) in [5, 5.41) is 18.7. The Hall–Kier alpha value is -2.90. The second kappa shape index (κ2) is 7.02. The third-order valence-electron chi connectivity index (χ3n) is 5.38. The first-order chi connectivity index (χ1) is 13.0. The van der Waals surface area contributed by atoms with Crippen molar-refractivity contribution in [3.8, 4) is 0 Å². The SMILES string of the molecule is Cn1cc(C2CCN(c3ccc(C(=O)NC4CC4)cc3[N+](=O)[O-])CC2)cn1. The summed E-state index contributed by atoms with van der Waals surface area (Å²) in [5.41, 5.74) is 2.16. The van der Waals surface area contributed by atoms with Gasteiger partial charge in [0.15, 0.2) is 0 Å². The second-order valence-corrected chi connectivity index (χ2v) is 7.42. The molecular formula is C19H23N5O3. The Kier molecular flexibility index (Phi) is 4.55. The van der Waals surface area contributed by atoms with E-state index >= 15 is 0 Å². The van der Waals surface area contributed by atoms with Gasteiger partial charge in [0.2, 0.25) is 0 Å². The number of benzene rings is 1. The zero-order valence-corrected chi connectivity index (χ0v) is 15.3. The summed E-state index contributed by atoms with van der Waals surface area (Å²) in [6.45, 7) is 1.49. The first-order valence-corrected chi connectivity index (χ1v) is 9.34. The van der Waals surface area contributed by atoms with Crippen molar-refractivity contribution in [2.45, 2.75) is 37.6 Å². The number of piperidine rings is 1. The number of rotatable bonds is 5. The van der Waals surface area contributed by atoms with Crippen LogP contribution in [0, 0.1) is 10.1 Å². The molecule has 0 atom stereocenters. The minimum absolute atomic E-state index is 0.00160. The number of anilines is 1. The quantitative estimate of drug-likeness (QED) is 0.646. The van der Waals surface area contributed by atoms with E-state index in [-0.39, 0.29) is 17.6 Å². The molecule has 1 saturated carbocycles. The van der Waals surface area contributed by atoms with Crippen molar-refractivity contribution in [1.29, 1.82) is 0 Å². The molecule has 27 heavy (non-hydrogen) atoms. The zero-order valence-electron chi connectivity index (χ0n) is 15.3. The molecule has 8 heteroatoms. The molecule has 1 amide bonds. The van der Waals surface area contributed by atoms with Gasteiger partial charge < -0.3 is 10.2 Å². The fourth-order valence-corrected chi connectivity index (χ4v) is 3.68. The Morgan fingerprint density at radius 1 is 1.26 bits per heavy atom. The summed E-state index contributed by atoms with van der Waals surface area (Å²) in [7, 11) is 1.91. The molecule has 1 aromatic heterocycles. The van der Waals surface area contributed by atoms with Crippen LogP contribution in [-0.2, 0) is 7.05 Å². The summed E-state index contributed by atoms with van der Waals surface area (Å²) in [5.74, 6) is 0.194. The normalized spacial score (nSPS) is 17.7. The van der Waals surface area contributed by atoms with Crippen LogP contribution < -0.4 is 10.2 Å². The number of hydrogen-bond acceptors (Lipinski definition) is 5. The average Bonchev–Trinajstić information content (AvgIpc) is 3.38. The number of aromatic nitrogens is 2. The largest absolute Gasteiger partial charge is 0.366 e. The van der Waals surface area contributed by atoms with Gasteiger partial charge in [-0.15, -0.1) is 0 Å². The van der Waals surface area contributed by atoms with E-state index in [9.17, 15) is 14.9 Å². The number of aryl methyl sites for hydroxylation is 1. The number of nitrogens with one attached hydrogen (secondary N) is 1. The minimum atomic E-state index is -0.392. The standard InChI is InChI=1S/C19H23N5O3/c1-22-12-15(11-20-22)13-6-8-23(9-7-13)17-5-2-14(10-18(17)24(26)27)19(25)21-16-3-4-16/h2,5,10-13,16H,3-4,6-9H2,1H3,(H,21,25). The molecule has 1 aliphatic heterocycles. The van der Waals surface area contributed by atoms with Gasteiger partial charge in [-0.2, -0.15) is 5.10 Å². The van der Waals surface area contributed by atoms with Crippen LogP contribution in [0.4, 0.5) is 11.4 Å². The van der Waals surface area contributed by atoms with Gasteiger partial charge in [-0.25, -0.2) is 0 Å². The molecule has 2 fully saturated rings. The van der Waals surface area contributed by atoms with Crippen molar-refractivity contribution in [2.75, 3.05) is 18.0 Å². The van der Waals surface area contributed by atoms with Crippen LogP contribution in [0.3, 0.4) is 0 Å². The highest BCUT2D eigenvalue weighted by molar-refractivity contribution is 5.96. The van der Waals surface area contributed by atoms with Crippen LogP contribution in [0.15, 0.2) is 30.6 Å². The van der Waals surface area contributed by atoms with Crippen LogP contribution in [0.5, 0.6) is 0 Å². The molecule has 1 N–H and O–H groups in total. The third-order valence-corrected chi connectivity index (χ3v) is 5.38. The summed E-state index contributed by atoms with van der Waals surface area (Å²) in [6, 6.07) is 5.03. The van der Waals surface area contributed by atoms with Gasteiger partial charge in [0.25, 0.3) is 11.6 Å². The molecule has 1 aliphatic carbocycles. The number of nitro groups is 1. The average molecular weight is 369 g/mol. The molecule has 2 aliphatic rings. The van der Waals surface area contributed by atoms with Gasteiger partial charge >= 0.3 is 0 Å². The summed E-state index contributed by atoms with van der Waals surface area (Å²) in [4.78, 5) is 25.5. The van der Waals surface area contributed by atoms with Crippen molar-refractivity contribution in [3.63, 3.8) is 0 Å². The third kappa shape index (κ3) is 3.79. The maximum Gasteiger partial charge on any atom is 0.293 e. The van der Waals surface area contributed by atoms with E-state index in [4.69, 9.17) is 0 Å². The Labute approximate surface area is 157 Å². The number of carbonyl (C=O) groups excluding carboxylic acids is 1. The van der Waals surface area contributed by atoms with E-state index in [2.05, 4.69) is 10.4 Å². The first-order valence-electron chi connectivity index (χ1n) is 9.34. The first kappa shape index (κ1) is 17.5. The van der Waals surface area contributed by atoms with Crippen molar-refractivity contribution < 1.29 is 9.72 Å². The molecule has 0 radical (unpaired) electrons. The van der Waals surface area contributed by atoms with E-state index < -0.39 is 4.92 Å². The fraction of sp³-hybridized carbons (Fsp3) is 0.474. The highest BCUT2D eigenvalue weighted by Crippen LogP contribution is 2.35. The van der Waals surface area contributed by atoms with Crippen LogP contribution in [-0.4, -0.2) is 39.7 Å². The number of nitrogens with zero attached hydrogens (tertiary/aromatic N) is 4. The molecule has 142 valence electrons. The van der Waals surface area contributed by atoms with E-state index in [0.717, 1.165) is 38.8 Å². The topological polar surface area (TPSA) is 93.3 Å². The fourth-order valence-electron chi connectivity index (χ4n) is 3.68. The molecule has 1 aromatic carbocycles. The lowest BCUT2D eigenvalue weighted by atomic mass is 9.91. The highest BCUT2D eigenvalue weighted by Gasteiger charge is 2.28. The van der Waals surface area contributed by atoms with E-state index in [1.807, 2.05) is 24.3 Å². The Balaban J connectivity index is 1.49. The Bertz CT molecular complexity index is 866. The predicted octanol–water partition coefficient (Wildman–Crippen LogP) is 2.60. The van der Waals surface area contributed by atoms with Gasteiger partial charge in [-0.05, 0) is 49.3 Å². The van der Waals surface area contributed by atoms with E-state index in [0.29, 0.717) is 17.2 Å². The van der Waals surface area contributed by atoms with Crippen LogP contribution in [0.2, 0.25) is 0 Å². The number of nitro benzene ring substituents is 1. The lowest BCUT2D eigenvalue weighted by Gasteiger charge is -2.33. The van der Waals surface area contributed by atoms with E-state index in [1.54, 1.807) is 16.8 Å². The lowest BCUT2D eigenvalue weighted by Crippen LogP contribution is -2.33. The maximum absolute atomic E-state index is 12.2. The monoisotopic (exact) mass is 369 g/mol. The highest BCUT2D eigenvalue weighted by atomic mass is 16.6. The van der Waals surface area contributed by atoms with Gasteiger partial charge in [0.1, 0.15) is 5.69 Å². The molecule has 8 nitrogen and oxygen atoms in total. The summed E-state index contributed by atoms with van der Waals surface area (Å²) >= 11 is 0. The van der Waals surface area contributed by atoms with Crippen molar-refractivity contribution in [1.82, 2.24) is 15.1 Å². The van der Waals surface area contributed by atoms with E-state index in [1.165, 1.54) is 11.6 Å². The maximum atomic E-state index is 12.2. The summed E-state index contributed by atoms with van der Waals surface area (Å²) < 4.78 is 1.80. The molecule has 1 saturated heterocycles. The molecule has 0 spiro atoms. The minimum Gasteiger partial charge on any atom is -0.366 e. The molecule has 2 heterocycles. The van der Waals surface area contributed by atoms with Gasteiger partial charge in [-0.3, -0.25) is 19.6 Å².